The molecule has 0 saturated carbocycles. The summed E-state index contributed by atoms with van der Waals surface area (Å²) in [7, 11) is -3.30. The van der Waals surface area contributed by atoms with Gasteiger partial charge in [-0.3, -0.25) is 4.72 Å². The van der Waals surface area contributed by atoms with E-state index in [2.05, 4.69) is 20.1 Å². The fourth-order valence-corrected chi connectivity index (χ4v) is 3.31. The zero-order valence-electron chi connectivity index (χ0n) is 14.5. The van der Waals surface area contributed by atoms with Crippen LogP contribution >= 0.6 is 0 Å². The van der Waals surface area contributed by atoms with E-state index in [4.69, 9.17) is 0 Å². The van der Waals surface area contributed by atoms with Gasteiger partial charge in [-0.25, -0.2) is 12.9 Å². The molecule has 7 nitrogen and oxygen atoms in total. The fourth-order valence-electron chi connectivity index (χ4n) is 2.75. The van der Waals surface area contributed by atoms with Crippen LogP contribution in [0.1, 0.15) is 0 Å². The Labute approximate surface area is 156 Å². The van der Waals surface area contributed by atoms with Gasteiger partial charge in [0.25, 0.3) is 0 Å². The molecule has 2 aromatic carbocycles. The Hall–Kier alpha value is -3.39. The van der Waals surface area contributed by atoms with Crippen LogP contribution in [-0.4, -0.2) is 29.3 Å². The monoisotopic (exact) mass is 379 g/mol. The van der Waals surface area contributed by atoms with Gasteiger partial charge < -0.3 is 5.32 Å². The number of para-hydroxylation sites is 1. The molecule has 136 valence electrons. The van der Waals surface area contributed by atoms with Crippen LogP contribution in [-0.2, 0) is 10.0 Å². The molecule has 0 aliphatic rings. The van der Waals surface area contributed by atoms with E-state index in [-0.39, 0.29) is 0 Å². The second-order valence-corrected chi connectivity index (χ2v) is 7.81. The van der Waals surface area contributed by atoms with Crippen LogP contribution in [0, 0.1) is 0 Å². The van der Waals surface area contributed by atoms with Crippen LogP contribution in [0.5, 0.6) is 0 Å². The summed E-state index contributed by atoms with van der Waals surface area (Å²) in [5.74, 6) is 0.504. The molecule has 0 unspecified atom stereocenters. The SMILES string of the molecule is CS(=O)(=O)Nc1ccc(-c2cccc3nc(Nc4ccccc4)nn23)cc1. The van der Waals surface area contributed by atoms with E-state index < -0.39 is 10.0 Å². The van der Waals surface area contributed by atoms with E-state index in [1.807, 2.05) is 60.7 Å². The first-order chi connectivity index (χ1) is 13.0. The van der Waals surface area contributed by atoms with Crippen molar-refractivity contribution in [3.8, 4) is 11.3 Å². The summed E-state index contributed by atoms with van der Waals surface area (Å²) in [6.07, 6.45) is 1.12. The largest absolute Gasteiger partial charge is 0.323 e. The predicted octanol–water partition coefficient (Wildman–Crippen LogP) is 3.51. The lowest BCUT2D eigenvalue weighted by molar-refractivity contribution is 0.607. The summed E-state index contributed by atoms with van der Waals surface area (Å²) < 4.78 is 26.9. The second kappa shape index (κ2) is 6.73. The number of nitrogens with one attached hydrogen (secondary N) is 2. The summed E-state index contributed by atoms with van der Waals surface area (Å²) in [4.78, 5) is 4.51. The molecule has 0 amide bonds. The zero-order valence-corrected chi connectivity index (χ0v) is 15.3. The Balaban J connectivity index is 1.68. The van der Waals surface area contributed by atoms with Crippen molar-refractivity contribution in [3.05, 3.63) is 72.8 Å². The first kappa shape index (κ1) is 17.0. The van der Waals surface area contributed by atoms with E-state index in [9.17, 15) is 8.42 Å². The zero-order chi connectivity index (χ0) is 18.9. The van der Waals surface area contributed by atoms with Crippen molar-refractivity contribution < 1.29 is 8.42 Å². The maximum absolute atomic E-state index is 11.3. The Morgan fingerprint density at radius 1 is 0.852 bits per heavy atom. The molecule has 8 heteroatoms. The van der Waals surface area contributed by atoms with Gasteiger partial charge >= 0.3 is 0 Å². The van der Waals surface area contributed by atoms with Gasteiger partial charge in [0.05, 0.1) is 11.9 Å². The van der Waals surface area contributed by atoms with E-state index in [0.29, 0.717) is 17.3 Å². The molecule has 4 aromatic rings. The minimum absolute atomic E-state index is 0.504. The Kier molecular flexibility index (Phi) is 4.25. The minimum atomic E-state index is -3.30. The molecule has 2 N–H and O–H groups in total. The van der Waals surface area contributed by atoms with E-state index in [1.54, 1.807) is 16.6 Å². The summed E-state index contributed by atoms with van der Waals surface area (Å²) in [5, 5.41) is 7.74. The molecule has 0 saturated heterocycles. The van der Waals surface area contributed by atoms with Crippen molar-refractivity contribution in [3.63, 3.8) is 0 Å². The number of hydrogen-bond acceptors (Lipinski definition) is 5. The molecule has 2 aromatic heterocycles. The maximum Gasteiger partial charge on any atom is 0.247 e. The lowest BCUT2D eigenvalue weighted by Gasteiger charge is -2.07. The average Bonchev–Trinajstić information content (AvgIpc) is 3.04. The Morgan fingerprint density at radius 3 is 2.30 bits per heavy atom. The number of fused-ring (bicyclic) bond motifs is 1. The summed E-state index contributed by atoms with van der Waals surface area (Å²) in [6.45, 7) is 0. The van der Waals surface area contributed by atoms with Gasteiger partial charge in [0.2, 0.25) is 16.0 Å². The number of nitrogens with zero attached hydrogens (tertiary/aromatic N) is 3. The Bertz CT molecular complexity index is 1190. The van der Waals surface area contributed by atoms with Gasteiger partial charge in [0, 0.05) is 16.9 Å². The number of hydrogen-bond donors (Lipinski definition) is 2. The first-order valence-electron chi connectivity index (χ1n) is 8.24. The molecule has 0 radical (unpaired) electrons. The maximum atomic E-state index is 11.3. The highest BCUT2D eigenvalue weighted by Gasteiger charge is 2.10. The fraction of sp³-hybridized carbons (Fsp3) is 0.0526. The number of sulfonamides is 1. The molecule has 0 aliphatic heterocycles. The van der Waals surface area contributed by atoms with Crippen LogP contribution in [0.3, 0.4) is 0 Å². The highest BCUT2D eigenvalue weighted by atomic mass is 32.2. The standard InChI is InChI=1S/C19H17N5O2S/c1-27(25,26)23-16-12-10-14(11-13-16)17-8-5-9-18-21-19(22-24(17)18)20-15-6-3-2-4-7-15/h2-13,23H,1H3,(H,20,22). The number of rotatable bonds is 5. The van der Waals surface area contributed by atoms with Gasteiger partial charge in [-0.2, -0.15) is 4.98 Å². The Morgan fingerprint density at radius 2 is 1.59 bits per heavy atom. The van der Waals surface area contributed by atoms with Gasteiger partial charge in [0.1, 0.15) is 0 Å². The van der Waals surface area contributed by atoms with Crippen LogP contribution in [0.25, 0.3) is 16.9 Å². The van der Waals surface area contributed by atoms with Crippen LogP contribution in [0.4, 0.5) is 17.3 Å². The number of anilines is 3. The second-order valence-electron chi connectivity index (χ2n) is 6.06. The van der Waals surface area contributed by atoms with E-state index in [0.717, 1.165) is 23.2 Å². The van der Waals surface area contributed by atoms with Gasteiger partial charge in [-0.15, -0.1) is 5.10 Å². The van der Waals surface area contributed by atoms with Crippen LogP contribution < -0.4 is 10.0 Å². The topological polar surface area (TPSA) is 88.4 Å². The summed E-state index contributed by atoms with van der Waals surface area (Å²) in [6, 6.07) is 22.6. The van der Waals surface area contributed by atoms with Gasteiger partial charge in [-0.1, -0.05) is 36.4 Å². The molecule has 2 heterocycles. The summed E-state index contributed by atoms with van der Waals surface area (Å²) in [5.41, 5.74) is 3.89. The van der Waals surface area contributed by atoms with Crippen molar-refractivity contribution in [2.45, 2.75) is 0 Å². The van der Waals surface area contributed by atoms with Crippen molar-refractivity contribution in [1.29, 1.82) is 0 Å². The van der Waals surface area contributed by atoms with Gasteiger partial charge in [0.15, 0.2) is 5.65 Å². The van der Waals surface area contributed by atoms with Crippen molar-refractivity contribution in [2.75, 3.05) is 16.3 Å². The van der Waals surface area contributed by atoms with E-state index >= 15 is 0 Å². The molecule has 0 atom stereocenters. The lowest BCUT2D eigenvalue weighted by atomic mass is 10.1. The third-order valence-electron chi connectivity index (χ3n) is 3.87. The van der Waals surface area contributed by atoms with Crippen LogP contribution in [0.15, 0.2) is 72.8 Å². The smallest absolute Gasteiger partial charge is 0.247 e. The molecule has 27 heavy (non-hydrogen) atoms. The van der Waals surface area contributed by atoms with E-state index in [1.165, 1.54) is 0 Å². The van der Waals surface area contributed by atoms with Gasteiger partial charge in [-0.05, 0) is 36.4 Å². The molecular formula is C19H17N5O2S. The summed E-state index contributed by atoms with van der Waals surface area (Å²) >= 11 is 0. The average molecular weight is 379 g/mol. The highest BCUT2D eigenvalue weighted by Crippen LogP contribution is 2.23. The highest BCUT2D eigenvalue weighted by molar-refractivity contribution is 7.92. The minimum Gasteiger partial charge on any atom is -0.323 e. The van der Waals surface area contributed by atoms with Crippen molar-refractivity contribution in [2.24, 2.45) is 0 Å². The van der Waals surface area contributed by atoms with Crippen LogP contribution in [0.2, 0.25) is 0 Å². The van der Waals surface area contributed by atoms with Crippen molar-refractivity contribution >= 4 is 33.0 Å². The lowest BCUT2D eigenvalue weighted by Crippen LogP contribution is -2.09. The normalized spacial score (nSPS) is 11.4. The number of aromatic nitrogens is 3. The molecular weight excluding hydrogens is 362 g/mol. The van der Waals surface area contributed by atoms with Crippen molar-refractivity contribution in [1.82, 2.24) is 14.6 Å². The molecule has 4 rings (SSSR count). The molecule has 0 fully saturated rings. The molecule has 0 aliphatic carbocycles. The predicted molar refractivity (Wildman–Crippen MR) is 107 cm³/mol. The third-order valence-corrected chi connectivity index (χ3v) is 4.48. The quantitative estimate of drug-likeness (QED) is 0.554. The number of pyridine rings is 1. The third kappa shape index (κ3) is 3.90. The molecule has 0 spiro atoms. The number of benzene rings is 2. The molecule has 0 bridgehead atoms. The first-order valence-corrected chi connectivity index (χ1v) is 10.1.